The number of nitrogens with zero attached hydrogens (tertiary/aromatic N) is 2. The average molecular weight is 475 g/mol. The minimum absolute atomic E-state index is 0.0391. The summed E-state index contributed by atoms with van der Waals surface area (Å²) in [5, 5.41) is 0.505. The summed E-state index contributed by atoms with van der Waals surface area (Å²) < 4.78 is 5.54. The van der Waals surface area contributed by atoms with E-state index in [4.69, 9.17) is 16.3 Å². The highest BCUT2D eigenvalue weighted by atomic mass is 35.5. The van der Waals surface area contributed by atoms with Crippen LogP contribution in [-0.2, 0) is 9.59 Å². The molecule has 0 unspecified atom stereocenters. The zero-order valence-electron chi connectivity index (χ0n) is 18.2. The van der Waals surface area contributed by atoms with Crippen molar-refractivity contribution in [3.63, 3.8) is 0 Å². The van der Waals surface area contributed by atoms with Crippen molar-refractivity contribution < 1.29 is 23.9 Å². The second kappa shape index (κ2) is 8.43. The fourth-order valence-electron chi connectivity index (χ4n) is 4.31. The van der Waals surface area contributed by atoms with Crippen molar-refractivity contribution in [2.24, 2.45) is 5.92 Å². The molecule has 0 N–H and O–H groups in total. The largest absolute Gasteiger partial charge is 0.426 e. The van der Waals surface area contributed by atoms with Crippen LogP contribution in [0.15, 0.2) is 66.7 Å². The van der Waals surface area contributed by atoms with Crippen LogP contribution < -0.4 is 14.5 Å². The van der Waals surface area contributed by atoms with E-state index in [9.17, 15) is 19.2 Å². The highest BCUT2D eigenvalue weighted by Crippen LogP contribution is 2.33. The van der Waals surface area contributed by atoms with Gasteiger partial charge < -0.3 is 9.64 Å². The van der Waals surface area contributed by atoms with Gasteiger partial charge in [0.05, 0.1) is 22.7 Å². The van der Waals surface area contributed by atoms with E-state index >= 15 is 0 Å². The van der Waals surface area contributed by atoms with Crippen LogP contribution in [-0.4, -0.2) is 30.2 Å². The van der Waals surface area contributed by atoms with E-state index < -0.39 is 11.9 Å². The molecule has 1 fully saturated rings. The second-order valence-corrected chi connectivity index (χ2v) is 8.68. The normalized spacial score (nSPS) is 17.4. The van der Waals surface area contributed by atoms with E-state index in [2.05, 4.69) is 0 Å². The Hall–Kier alpha value is -3.97. The molecule has 5 rings (SSSR count). The molecular formula is C26H19ClN2O5. The van der Waals surface area contributed by atoms with Gasteiger partial charge in [0.25, 0.3) is 11.8 Å². The predicted octanol–water partition coefficient (Wildman–Crippen LogP) is 4.41. The van der Waals surface area contributed by atoms with Crippen LogP contribution in [0.3, 0.4) is 0 Å². The first-order valence-electron chi connectivity index (χ1n) is 10.7. The first-order valence-corrected chi connectivity index (χ1v) is 11.1. The van der Waals surface area contributed by atoms with E-state index in [-0.39, 0.29) is 36.4 Å². The number of halogens is 1. The Kier molecular flexibility index (Phi) is 5.42. The Balaban J connectivity index is 1.30. The van der Waals surface area contributed by atoms with Gasteiger partial charge in [-0.05, 0) is 61.0 Å². The molecule has 3 aromatic rings. The van der Waals surface area contributed by atoms with Gasteiger partial charge in [0, 0.05) is 23.7 Å². The van der Waals surface area contributed by atoms with Gasteiger partial charge in [-0.25, -0.2) is 4.90 Å². The summed E-state index contributed by atoms with van der Waals surface area (Å²) in [6.45, 7) is 1.93. The quantitative estimate of drug-likeness (QED) is 0.318. The number of rotatable bonds is 4. The van der Waals surface area contributed by atoms with Gasteiger partial charge in [-0.2, -0.15) is 0 Å². The first kappa shape index (κ1) is 21.9. The van der Waals surface area contributed by atoms with Gasteiger partial charge in [0.15, 0.2) is 0 Å². The number of ether oxygens (including phenoxy) is 1. The van der Waals surface area contributed by atoms with Crippen molar-refractivity contribution in [3.05, 3.63) is 88.4 Å². The van der Waals surface area contributed by atoms with E-state index in [1.807, 2.05) is 0 Å². The molecule has 170 valence electrons. The molecule has 0 aromatic heterocycles. The van der Waals surface area contributed by atoms with Gasteiger partial charge in [-0.3, -0.25) is 19.2 Å². The van der Waals surface area contributed by atoms with Crippen LogP contribution in [0.2, 0.25) is 5.02 Å². The molecule has 0 radical (unpaired) electrons. The van der Waals surface area contributed by atoms with Gasteiger partial charge in [0.1, 0.15) is 5.75 Å². The summed E-state index contributed by atoms with van der Waals surface area (Å²) in [4.78, 5) is 53.4. The summed E-state index contributed by atoms with van der Waals surface area (Å²) in [7, 11) is 0. The average Bonchev–Trinajstić information content (AvgIpc) is 3.32. The smallest absolute Gasteiger partial charge is 0.316 e. The number of fused-ring (bicyclic) bond motifs is 1. The molecule has 1 saturated heterocycles. The van der Waals surface area contributed by atoms with Crippen molar-refractivity contribution in [1.29, 1.82) is 0 Å². The number of amides is 3. The molecule has 3 amide bonds. The van der Waals surface area contributed by atoms with Crippen LogP contribution >= 0.6 is 11.6 Å². The lowest BCUT2D eigenvalue weighted by Crippen LogP contribution is -2.30. The third-order valence-electron chi connectivity index (χ3n) is 6.00. The fraction of sp³-hybridized carbons (Fsp3) is 0.154. The number of anilines is 2. The third-order valence-corrected chi connectivity index (χ3v) is 6.24. The maximum atomic E-state index is 12.8. The number of hydrogen-bond acceptors (Lipinski definition) is 5. The Bertz CT molecular complexity index is 1330. The van der Waals surface area contributed by atoms with Crippen LogP contribution in [0.4, 0.5) is 11.4 Å². The standard InChI is InChI=1S/C26H19ClN2O5/c1-15-11-19(9-10-22(15)29-24(31)20-7-2-3-8-21(20)25(29)32)34-26(33)16-12-23(30)28(14-16)18-6-4-5-17(27)13-18/h2-11,13,16H,12,14H2,1H3/t16-/m0/s1. The summed E-state index contributed by atoms with van der Waals surface area (Å²) >= 11 is 6.02. The number of benzene rings is 3. The summed E-state index contributed by atoms with van der Waals surface area (Å²) in [5.74, 6) is -1.83. The van der Waals surface area contributed by atoms with Crippen LogP contribution in [0, 0.1) is 12.8 Å². The predicted molar refractivity (Wildman–Crippen MR) is 126 cm³/mol. The van der Waals surface area contributed by atoms with E-state index in [0.717, 1.165) is 4.90 Å². The Morgan fingerprint density at radius 1 is 0.941 bits per heavy atom. The molecule has 0 spiro atoms. The Labute approximate surface area is 200 Å². The molecule has 0 bridgehead atoms. The second-order valence-electron chi connectivity index (χ2n) is 8.25. The number of hydrogen-bond donors (Lipinski definition) is 0. The lowest BCUT2D eigenvalue weighted by atomic mass is 10.1. The zero-order chi connectivity index (χ0) is 24.0. The number of imide groups is 1. The summed E-state index contributed by atoms with van der Waals surface area (Å²) in [6, 6.07) is 18.3. The van der Waals surface area contributed by atoms with Crippen molar-refractivity contribution in [2.75, 3.05) is 16.3 Å². The van der Waals surface area contributed by atoms with Crippen LogP contribution in [0.5, 0.6) is 5.75 Å². The minimum atomic E-state index is -0.622. The molecule has 34 heavy (non-hydrogen) atoms. The molecule has 3 aromatic carbocycles. The number of carbonyl (C=O) groups excluding carboxylic acids is 4. The fourth-order valence-corrected chi connectivity index (χ4v) is 4.49. The number of esters is 1. The van der Waals surface area contributed by atoms with Gasteiger partial charge >= 0.3 is 5.97 Å². The molecule has 7 nitrogen and oxygen atoms in total. The van der Waals surface area contributed by atoms with E-state index in [1.54, 1.807) is 67.6 Å². The minimum Gasteiger partial charge on any atom is -0.426 e. The van der Waals surface area contributed by atoms with Crippen molar-refractivity contribution in [3.8, 4) is 5.75 Å². The van der Waals surface area contributed by atoms with Gasteiger partial charge in [0.2, 0.25) is 5.91 Å². The number of aryl methyl sites for hydroxylation is 1. The molecule has 0 saturated carbocycles. The molecule has 1 atom stereocenters. The highest BCUT2D eigenvalue weighted by Gasteiger charge is 2.38. The summed E-state index contributed by atoms with van der Waals surface area (Å²) in [6.07, 6.45) is 0.0391. The highest BCUT2D eigenvalue weighted by molar-refractivity contribution is 6.34. The lowest BCUT2D eigenvalue weighted by Gasteiger charge is -2.18. The lowest BCUT2D eigenvalue weighted by molar-refractivity contribution is -0.139. The molecule has 2 aliphatic rings. The molecule has 8 heteroatoms. The number of carbonyl (C=O) groups is 4. The van der Waals surface area contributed by atoms with E-state index in [1.165, 1.54) is 11.0 Å². The summed E-state index contributed by atoms with van der Waals surface area (Å²) in [5.41, 5.74) is 2.38. The Morgan fingerprint density at radius 3 is 2.29 bits per heavy atom. The van der Waals surface area contributed by atoms with Crippen LogP contribution in [0.25, 0.3) is 0 Å². The first-order chi connectivity index (χ1) is 16.3. The van der Waals surface area contributed by atoms with Crippen LogP contribution in [0.1, 0.15) is 32.7 Å². The maximum absolute atomic E-state index is 12.8. The van der Waals surface area contributed by atoms with Crippen molar-refractivity contribution >= 4 is 46.7 Å². The topological polar surface area (TPSA) is 84.0 Å². The molecule has 2 aliphatic heterocycles. The van der Waals surface area contributed by atoms with Gasteiger partial charge in [-0.15, -0.1) is 0 Å². The Morgan fingerprint density at radius 2 is 1.65 bits per heavy atom. The zero-order valence-corrected chi connectivity index (χ0v) is 18.9. The molecule has 0 aliphatic carbocycles. The van der Waals surface area contributed by atoms with Gasteiger partial charge in [-0.1, -0.05) is 29.8 Å². The van der Waals surface area contributed by atoms with Crippen molar-refractivity contribution in [2.45, 2.75) is 13.3 Å². The third kappa shape index (κ3) is 3.74. The SMILES string of the molecule is Cc1cc(OC(=O)[C@H]2CC(=O)N(c3cccc(Cl)c3)C2)ccc1N1C(=O)c2ccccc2C1=O. The molecular weight excluding hydrogens is 456 g/mol. The van der Waals surface area contributed by atoms with E-state index in [0.29, 0.717) is 33.1 Å². The monoisotopic (exact) mass is 474 g/mol. The van der Waals surface area contributed by atoms with Crippen molar-refractivity contribution in [1.82, 2.24) is 0 Å². The molecule has 2 heterocycles. The maximum Gasteiger partial charge on any atom is 0.316 e.